The quantitative estimate of drug-likeness (QED) is 0.850. The maximum atomic E-state index is 12.1. The zero-order valence-corrected chi connectivity index (χ0v) is 11.1. The van der Waals surface area contributed by atoms with Crippen LogP contribution in [0.3, 0.4) is 0 Å². The molecule has 1 rings (SSSR count). The highest BCUT2D eigenvalue weighted by Gasteiger charge is 2.12. The summed E-state index contributed by atoms with van der Waals surface area (Å²) in [4.78, 5) is 18.2. The maximum Gasteiger partial charge on any atom is 0.253 e. The number of aryl methyl sites for hydroxylation is 1. The number of anilines is 1. The zero-order valence-electron chi connectivity index (χ0n) is 11.1. The zero-order chi connectivity index (χ0) is 12.8. The Balaban J connectivity index is 3.05. The van der Waals surface area contributed by atoms with Gasteiger partial charge in [-0.25, -0.2) is 4.98 Å². The van der Waals surface area contributed by atoms with Gasteiger partial charge in [0.2, 0.25) is 0 Å². The van der Waals surface area contributed by atoms with Gasteiger partial charge in [0.05, 0.1) is 0 Å². The Morgan fingerprint density at radius 3 is 2.65 bits per heavy atom. The standard InChI is InChI=1S/C13H21N3O/c1-5-7-11-8-10(9-12(14-3)15-11)13(17)16(4)6-2/h8-9H,5-7H2,1-4H3,(H,14,15). The number of carbonyl (C=O) groups excluding carboxylic acids is 1. The Morgan fingerprint density at radius 2 is 2.12 bits per heavy atom. The van der Waals surface area contributed by atoms with Crippen LogP contribution in [0, 0.1) is 0 Å². The minimum Gasteiger partial charge on any atom is -0.373 e. The fourth-order valence-electron chi connectivity index (χ4n) is 1.59. The molecule has 17 heavy (non-hydrogen) atoms. The van der Waals surface area contributed by atoms with Crippen molar-refractivity contribution in [3.8, 4) is 0 Å². The monoisotopic (exact) mass is 235 g/mol. The first kappa shape index (κ1) is 13.5. The lowest BCUT2D eigenvalue weighted by molar-refractivity contribution is 0.0802. The second-order valence-corrected chi connectivity index (χ2v) is 4.05. The molecule has 1 heterocycles. The number of hydrogen-bond donors (Lipinski definition) is 1. The van der Waals surface area contributed by atoms with Gasteiger partial charge in [0.25, 0.3) is 5.91 Å². The van der Waals surface area contributed by atoms with E-state index in [2.05, 4.69) is 17.2 Å². The number of nitrogens with zero attached hydrogens (tertiary/aromatic N) is 2. The molecular formula is C13H21N3O. The van der Waals surface area contributed by atoms with E-state index in [1.165, 1.54) is 0 Å². The van der Waals surface area contributed by atoms with Crippen LogP contribution in [0.1, 0.15) is 36.3 Å². The Labute approximate surface area is 103 Å². The first-order chi connectivity index (χ1) is 8.12. The summed E-state index contributed by atoms with van der Waals surface area (Å²) >= 11 is 0. The Hall–Kier alpha value is -1.58. The Morgan fingerprint density at radius 1 is 1.41 bits per heavy atom. The Bertz CT molecular complexity index is 390. The highest BCUT2D eigenvalue weighted by atomic mass is 16.2. The molecule has 0 aliphatic heterocycles. The van der Waals surface area contributed by atoms with Crippen LogP contribution in [-0.4, -0.2) is 36.4 Å². The number of carbonyl (C=O) groups is 1. The topological polar surface area (TPSA) is 45.2 Å². The van der Waals surface area contributed by atoms with E-state index in [1.807, 2.05) is 20.0 Å². The van der Waals surface area contributed by atoms with Gasteiger partial charge in [0, 0.05) is 31.9 Å². The molecule has 0 unspecified atom stereocenters. The lowest BCUT2D eigenvalue weighted by atomic mass is 10.1. The van der Waals surface area contributed by atoms with Crippen LogP contribution in [0.5, 0.6) is 0 Å². The van der Waals surface area contributed by atoms with Crippen molar-refractivity contribution >= 4 is 11.7 Å². The average Bonchev–Trinajstić information content (AvgIpc) is 2.36. The Kier molecular flexibility index (Phi) is 4.94. The molecule has 0 saturated carbocycles. The highest BCUT2D eigenvalue weighted by molar-refractivity contribution is 5.94. The van der Waals surface area contributed by atoms with Gasteiger partial charge >= 0.3 is 0 Å². The maximum absolute atomic E-state index is 12.1. The van der Waals surface area contributed by atoms with Crippen molar-refractivity contribution in [2.75, 3.05) is 26.0 Å². The number of pyridine rings is 1. The van der Waals surface area contributed by atoms with E-state index >= 15 is 0 Å². The van der Waals surface area contributed by atoms with Crippen molar-refractivity contribution in [2.45, 2.75) is 26.7 Å². The van der Waals surface area contributed by atoms with E-state index < -0.39 is 0 Å². The molecule has 1 amide bonds. The van der Waals surface area contributed by atoms with Crippen LogP contribution in [0.25, 0.3) is 0 Å². The van der Waals surface area contributed by atoms with E-state index in [1.54, 1.807) is 18.0 Å². The fourth-order valence-corrected chi connectivity index (χ4v) is 1.59. The first-order valence-electron chi connectivity index (χ1n) is 6.06. The molecule has 0 aromatic carbocycles. The average molecular weight is 235 g/mol. The number of amides is 1. The van der Waals surface area contributed by atoms with Crippen molar-refractivity contribution in [3.63, 3.8) is 0 Å². The van der Waals surface area contributed by atoms with E-state index in [9.17, 15) is 4.79 Å². The highest BCUT2D eigenvalue weighted by Crippen LogP contribution is 2.13. The summed E-state index contributed by atoms with van der Waals surface area (Å²) in [6, 6.07) is 3.69. The summed E-state index contributed by atoms with van der Waals surface area (Å²) in [5.41, 5.74) is 1.67. The molecule has 94 valence electrons. The van der Waals surface area contributed by atoms with Gasteiger partial charge in [-0.15, -0.1) is 0 Å². The van der Waals surface area contributed by atoms with Gasteiger partial charge in [-0.05, 0) is 25.5 Å². The van der Waals surface area contributed by atoms with E-state index in [4.69, 9.17) is 0 Å². The van der Waals surface area contributed by atoms with Gasteiger partial charge in [0.1, 0.15) is 5.82 Å². The van der Waals surface area contributed by atoms with Crippen LogP contribution in [-0.2, 0) is 6.42 Å². The molecule has 1 aromatic rings. The summed E-state index contributed by atoms with van der Waals surface area (Å²) in [5.74, 6) is 0.799. The third-order valence-corrected chi connectivity index (χ3v) is 2.71. The largest absolute Gasteiger partial charge is 0.373 e. The molecule has 0 aliphatic carbocycles. The lowest BCUT2D eigenvalue weighted by Gasteiger charge is -2.15. The molecule has 1 N–H and O–H groups in total. The van der Waals surface area contributed by atoms with Crippen LogP contribution in [0.15, 0.2) is 12.1 Å². The number of rotatable bonds is 5. The molecule has 0 spiro atoms. The van der Waals surface area contributed by atoms with E-state index in [-0.39, 0.29) is 5.91 Å². The van der Waals surface area contributed by atoms with E-state index in [0.29, 0.717) is 12.1 Å². The smallest absolute Gasteiger partial charge is 0.253 e. The van der Waals surface area contributed by atoms with Crippen molar-refractivity contribution in [2.24, 2.45) is 0 Å². The molecule has 4 nitrogen and oxygen atoms in total. The predicted octanol–water partition coefficient (Wildman–Crippen LogP) is 2.17. The lowest BCUT2D eigenvalue weighted by Crippen LogP contribution is -2.26. The number of hydrogen-bond acceptors (Lipinski definition) is 3. The third kappa shape index (κ3) is 3.44. The summed E-state index contributed by atoms with van der Waals surface area (Å²) in [6.45, 7) is 4.78. The molecule has 0 atom stereocenters. The molecule has 1 aromatic heterocycles. The van der Waals surface area contributed by atoms with Crippen LogP contribution in [0.4, 0.5) is 5.82 Å². The molecule has 0 bridgehead atoms. The van der Waals surface area contributed by atoms with Crippen LogP contribution < -0.4 is 5.32 Å². The number of aromatic nitrogens is 1. The van der Waals surface area contributed by atoms with Crippen molar-refractivity contribution in [1.29, 1.82) is 0 Å². The molecule has 0 fully saturated rings. The summed E-state index contributed by atoms with van der Waals surface area (Å²) in [6.07, 6.45) is 1.92. The molecule has 0 radical (unpaired) electrons. The molecule has 4 heteroatoms. The molecule has 0 saturated heterocycles. The minimum atomic E-state index is 0.0451. The van der Waals surface area contributed by atoms with E-state index in [0.717, 1.165) is 24.4 Å². The van der Waals surface area contributed by atoms with Crippen LogP contribution in [0.2, 0.25) is 0 Å². The summed E-state index contributed by atoms with van der Waals surface area (Å²) in [5, 5.41) is 3.00. The first-order valence-corrected chi connectivity index (χ1v) is 6.06. The van der Waals surface area contributed by atoms with Crippen LogP contribution >= 0.6 is 0 Å². The number of nitrogens with one attached hydrogen (secondary N) is 1. The second-order valence-electron chi connectivity index (χ2n) is 4.05. The molecular weight excluding hydrogens is 214 g/mol. The SMILES string of the molecule is CCCc1cc(C(=O)N(C)CC)cc(NC)n1. The predicted molar refractivity (Wildman–Crippen MR) is 70.4 cm³/mol. The van der Waals surface area contributed by atoms with Gasteiger partial charge in [-0.1, -0.05) is 13.3 Å². The second kappa shape index (κ2) is 6.23. The van der Waals surface area contributed by atoms with Crippen molar-refractivity contribution in [3.05, 3.63) is 23.4 Å². The molecule has 0 aliphatic rings. The van der Waals surface area contributed by atoms with Crippen molar-refractivity contribution in [1.82, 2.24) is 9.88 Å². The summed E-state index contributed by atoms with van der Waals surface area (Å²) < 4.78 is 0. The fraction of sp³-hybridized carbons (Fsp3) is 0.538. The summed E-state index contributed by atoms with van der Waals surface area (Å²) in [7, 11) is 3.62. The van der Waals surface area contributed by atoms with Gasteiger partial charge in [0.15, 0.2) is 0 Å². The normalized spacial score (nSPS) is 10.1. The van der Waals surface area contributed by atoms with Gasteiger partial charge in [-0.3, -0.25) is 4.79 Å². The van der Waals surface area contributed by atoms with Gasteiger partial charge in [-0.2, -0.15) is 0 Å². The van der Waals surface area contributed by atoms with Crippen molar-refractivity contribution < 1.29 is 4.79 Å². The van der Waals surface area contributed by atoms with Gasteiger partial charge < -0.3 is 10.2 Å². The third-order valence-electron chi connectivity index (χ3n) is 2.71. The minimum absolute atomic E-state index is 0.0451.